The number of pyridine rings is 1. The van der Waals surface area contributed by atoms with Crippen molar-refractivity contribution in [2.24, 2.45) is 0 Å². The molecule has 21 heavy (non-hydrogen) atoms. The van der Waals surface area contributed by atoms with Gasteiger partial charge in [-0.3, -0.25) is 4.79 Å². The van der Waals surface area contributed by atoms with Gasteiger partial charge in [0.25, 0.3) is 5.91 Å². The van der Waals surface area contributed by atoms with E-state index in [1.54, 1.807) is 13.3 Å². The first-order chi connectivity index (χ1) is 10.1. The maximum atomic E-state index is 12.1. The molecule has 1 aliphatic rings. The monoisotopic (exact) mass is 280 g/mol. The van der Waals surface area contributed by atoms with Gasteiger partial charge in [-0.15, -0.1) is 0 Å². The predicted octanol–water partition coefficient (Wildman–Crippen LogP) is 3.20. The normalized spacial score (nSPS) is 15.0. The summed E-state index contributed by atoms with van der Waals surface area (Å²) in [7, 11) is 1.67. The number of aromatic nitrogens is 1. The molecular weight excluding hydrogens is 264 g/mol. The molecule has 4 nitrogen and oxygen atoms in total. The molecule has 0 spiro atoms. The number of hydrogen-bond acceptors (Lipinski definition) is 3. The molecule has 0 aliphatic carbocycles. The molecule has 0 saturated heterocycles. The maximum Gasteiger partial charge on any atom is 0.257 e. The fraction of sp³-hybridized carbons (Fsp3) is 0.176. The summed E-state index contributed by atoms with van der Waals surface area (Å²) in [5.41, 5.74) is 4.56. The van der Waals surface area contributed by atoms with Gasteiger partial charge in [-0.25, -0.2) is 4.98 Å². The summed E-state index contributed by atoms with van der Waals surface area (Å²) < 4.78 is 5.37. The SMILES string of the molecule is COc1c(C)cc(/C=C2/C(=O)Nc3ncccc32)cc1C. The Morgan fingerprint density at radius 2 is 1.95 bits per heavy atom. The molecule has 0 atom stereocenters. The lowest BCUT2D eigenvalue weighted by Crippen LogP contribution is -2.04. The average molecular weight is 280 g/mol. The Balaban J connectivity index is 2.09. The minimum atomic E-state index is -0.116. The number of carbonyl (C=O) groups is 1. The number of anilines is 1. The molecule has 2 heterocycles. The van der Waals surface area contributed by atoms with E-state index < -0.39 is 0 Å². The number of nitrogens with one attached hydrogen (secondary N) is 1. The number of rotatable bonds is 2. The number of fused-ring (bicyclic) bond motifs is 1. The third kappa shape index (κ3) is 2.29. The highest BCUT2D eigenvalue weighted by Crippen LogP contribution is 2.32. The zero-order chi connectivity index (χ0) is 15.0. The van der Waals surface area contributed by atoms with Crippen LogP contribution in [0.25, 0.3) is 11.6 Å². The van der Waals surface area contributed by atoms with Crippen LogP contribution in [0.2, 0.25) is 0 Å². The molecule has 2 aromatic rings. The highest BCUT2D eigenvalue weighted by molar-refractivity contribution is 6.34. The van der Waals surface area contributed by atoms with E-state index in [9.17, 15) is 4.79 Å². The largest absolute Gasteiger partial charge is 0.496 e. The van der Waals surface area contributed by atoms with Gasteiger partial charge in [0.05, 0.1) is 12.7 Å². The molecule has 0 saturated carbocycles. The molecule has 1 aromatic heterocycles. The second-order valence-corrected chi connectivity index (χ2v) is 5.10. The van der Waals surface area contributed by atoms with Crippen molar-refractivity contribution in [3.05, 3.63) is 52.7 Å². The van der Waals surface area contributed by atoms with E-state index in [0.29, 0.717) is 11.4 Å². The molecule has 106 valence electrons. The molecule has 0 unspecified atom stereocenters. The number of nitrogens with zero attached hydrogens (tertiary/aromatic N) is 1. The smallest absolute Gasteiger partial charge is 0.257 e. The molecule has 1 N–H and O–H groups in total. The molecule has 0 bridgehead atoms. The Kier molecular flexibility index (Phi) is 3.22. The molecule has 0 radical (unpaired) electrons. The van der Waals surface area contributed by atoms with Gasteiger partial charge in [-0.1, -0.05) is 0 Å². The minimum Gasteiger partial charge on any atom is -0.496 e. The number of aryl methyl sites for hydroxylation is 2. The van der Waals surface area contributed by atoms with Crippen LogP contribution in [0.5, 0.6) is 5.75 Å². The average Bonchev–Trinajstić information content (AvgIpc) is 2.75. The number of benzene rings is 1. The lowest BCUT2D eigenvalue weighted by Gasteiger charge is -2.09. The first-order valence-corrected chi connectivity index (χ1v) is 6.74. The van der Waals surface area contributed by atoms with Crippen molar-refractivity contribution in [3.63, 3.8) is 0 Å². The standard InChI is InChI=1S/C17H16N2O2/c1-10-7-12(8-11(2)15(10)21-3)9-14-13-5-4-6-18-16(13)19-17(14)20/h4-9H,1-3H3,(H,18,19,20)/b14-9+. The lowest BCUT2D eigenvalue weighted by atomic mass is 10.0. The topological polar surface area (TPSA) is 51.2 Å². The van der Waals surface area contributed by atoms with Crippen molar-refractivity contribution < 1.29 is 9.53 Å². The van der Waals surface area contributed by atoms with Gasteiger partial charge < -0.3 is 10.1 Å². The van der Waals surface area contributed by atoms with Crippen LogP contribution in [-0.2, 0) is 4.79 Å². The summed E-state index contributed by atoms with van der Waals surface area (Å²) in [4.78, 5) is 16.3. The Labute approximate surface area is 123 Å². The van der Waals surface area contributed by atoms with E-state index in [0.717, 1.165) is 28.0 Å². The van der Waals surface area contributed by atoms with Crippen LogP contribution in [0.4, 0.5) is 5.82 Å². The van der Waals surface area contributed by atoms with Crippen LogP contribution in [0.3, 0.4) is 0 Å². The third-order valence-corrected chi connectivity index (χ3v) is 3.57. The molecule has 1 aromatic carbocycles. The molecular formula is C17H16N2O2. The van der Waals surface area contributed by atoms with E-state index in [1.807, 2.05) is 44.2 Å². The van der Waals surface area contributed by atoms with Crippen molar-refractivity contribution in [2.75, 3.05) is 12.4 Å². The van der Waals surface area contributed by atoms with Gasteiger partial charge in [-0.05, 0) is 60.9 Å². The van der Waals surface area contributed by atoms with Gasteiger partial charge in [0.2, 0.25) is 0 Å². The molecule has 0 fully saturated rings. The quantitative estimate of drug-likeness (QED) is 0.859. The zero-order valence-corrected chi connectivity index (χ0v) is 12.2. The zero-order valence-electron chi connectivity index (χ0n) is 12.2. The molecule has 1 aliphatic heterocycles. The van der Waals surface area contributed by atoms with E-state index in [-0.39, 0.29) is 5.91 Å². The number of carbonyl (C=O) groups excluding carboxylic acids is 1. The van der Waals surface area contributed by atoms with Crippen LogP contribution in [-0.4, -0.2) is 18.0 Å². The van der Waals surface area contributed by atoms with E-state index in [1.165, 1.54) is 0 Å². The van der Waals surface area contributed by atoms with Crippen molar-refractivity contribution in [2.45, 2.75) is 13.8 Å². The van der Waals surface area contributed by atoms with Crippen LogP contribution in [0.15, 0.2) is 30.5 Å². The van der Waals surface area contributed by atoms with Crippen molar-refractivity contribution in [3.8, 4) is 5.75 Å². The Hall–Kier alpha value is -2.62. The first-order valence-electron chi connectivity index (χ1n) is 6.74. The van der Waals surface area contributed by atoms with E-state index in [4.69, 9.17) is 4.74 Å². The predicted molar refractivity (Wildman–Crippen MR) is 83.2 cm³/mol. The summed E-state index contributed by atoms with van der Waals surface area (Å²) in [6.45, 7) is 4.00. The van der Waals surface area contributed by atoms with Gasteiger partial charge in [0.15, 0.2) is 0 Å². The van der Waals surface area contributed by atoms with Gasteiger partial charge >= 0.3 is 0 Å². The van der Waals surface area contributed by atoms with Crippen LogP contribution in [0.1, 0.15) is 22.3 Å². The van der Waals surface area contributed by atoms with Gasteiger partial charge in [0.1, 0.15) is 11.6 Å². The van der Waals surface area contributed by atoms with Crippen molar-refractivity contribution in [1.82, 2.24) is 4.98 Å². The van der Waals surface area contributed by atoms with E-state index in [2.05, 4.69) is 10.3 Å². The summed E-state index contributed by atoms with van der Waals surface area (Å²) in [6.07, 6.45) is 3.56. The Morgan fingerprint density at radius 1 is 1.24 bits per heavy atom. The fourth-order valence-corrected chi connectivity index (χ4v) is 2.72. The summed E-state index contributed by atoms with van der Waals surface area (Å²) >= 11 is 0. The van der Waals surface area contributed by atoms with Gasteiger partial charge in [0, 0.05) is 11.8 Å². The number of amides is 1. The van der Waals surface area contributed by atoms with Crippen LogP contribution in [0, 0.1) is 13.8 Å². The van der Waals surface area contributed by atoms with Crippen molar-refractivity contribution in [1.29, 1.82) is 0 Å². The van der Waals surface area contributed by atoms with Crippen LogP contribution < -0.4 is 10.1 Å². The summed E-state index contributed by atoms with van der Waals surface area (Å²) in [5.74, 6) is 1.39. The maximum absolute atomic E-state index is 12.1. The Bertz CT molecular complexity index is 740. The Morgan fingerprint density at radius 3 is 2.62 bits per heavy atom. The summed E-state index contributed by atoms with van der Waals surface area (Å²) in [5, 5.41) is 2.78. The van der Waals surface area contributed by atoms with Crippen molar-refractivity contribution >= 4 is 23.4 Å². The molecule has 3 rings (SSSR count). The van der Waals surface area contributed by atoms with Gasteiger partial charge in [-0.2, -0.15) is 0 Å². The minimum absolute atomic E-state index is 0.116. The van der Waals surface area contributed by atoms with Crippen LogP contribution >= 0.6 is 0 Å². The third-order valence-electron chi connectivity index (χ3n) is 3.57. The first kappa shape index (κ1) is 13.4. The fourth-order valence-electron chi connectivity index (χ4n) is 2.72. The van der Waals surface area contributed by atoms with E-state index >= 15 is 0 Å². The lowest BCUT2D eigenvalue weighted by molar-refractivity contribution is -0.110. The highest BCUT2D eigenvalue weighted by Gasteiger charge is 2.24. The number of ether oxygens (including phenoxy) is 1. The molecule has 4 heteroatoms. The molecule has 1 amide bonds. The summed E-state index contributed by atoms with van der Waals surface area (Å²) in [6, 6.07) is 7.76. The highest BCUT2D eigenvalue weighted by atomic mass is 16.5. The number of methoxy groups -OCH3 is 1. The number of hydrogen-bond donors (Lipinski definition) is 1. The second kappa shape index (κ2) is 5.05. The second-order valence-electron chi connectivity index (χ2n) is 5.10.